The van der Waals surface area contributed by atoms with Gasteiger partial charge in [-0.1, -0.05) is 0 Å². The van der Waals surface area contributed by atoms with Gasteiger partial charge in [0.25, 0.3) is 15.6 Å². The van der Waals surface area contributed by atoms with Gasteiger partial charge in [0.2, 0.25) is 0 Å². The Kier molecular flexibility index (Phi) is 9.70. The van der Waals surface area contributed by atoms with E-state index >= 15 is 0 Å². The summed E-state index contributed by atoms with van der Waals surface area (Å²) in [6.07, 6.45) is -0.362. The fourth-order valence-corrected chi connectivity index (χ4v) is 3.96. The van der Waals surface area contributed by atoms with Gasteiger partial charge >= 0.3 is 59.1 Å². The number of nitrogens with two attached hydrogens (primary N) is 1. The Morgan fingerprint density at radius 1 is 1.32 bits per heavy atom. The van der Waals surface area contributed by atoms with Crippen molar-refractivity contribution in [2.24, 2.45) is 0 Å². The quantitative estimate of drug-likeness (QED) is 0.273. The summed E-state index contributed by atoms with van der Waals surface area (Å²) in [5.74, 6) is 0.155. The van der Waals surface area contributed by atoms with E-state index in [1.807, 2.05) is 0 Å². The average molecular weight is 455 g/mol. The van der Waals surface area contributed by atoms with Gasteiger partial charge < -0.3 is 34.8 Å². The van der Waals surface area contributed by atoms with Crippen LogP contribution < -0.4 is 74.6 Å². The van der Waals surface area contributed by atoms with Crippen molar-refractivity contribution < 1.29 is 102 Å². The number of phosphoric acid groups is 2. The summed E-state index contributed by atoms with van der Waals surface area (Å²) in [5, 5.41) is 10.0. The Morgan fingerprint density at radius 3 is 2.64 bits per heavy atom. The van der Waals surface area contributed by atoms with E-state index in [2.05, 4.69) is 23.8 Å². The summed E-state index contributed by atoms with van der Waals surface area (Å²) in [6.45, 7) is -0.734. The van der Waals surface area contributed by atoms with Crippen molar-refractivity contribution in [1.29, 1.82) is 0 Å². The van der Waals surface area contributed by atoms with E-state index in [4.69, 9.17) is 15.4 Å². The van der Waals surface area contributed by atoms with Crippen LogP contribution in [0.4, 0.5) is 5.82 Å². The van der Waals surface area contributed by atoms with Gasteiger partial charge in [-0.2, -0.15) is 0 Å². The first-order chi connectivity index (χ1) is 12.1. The van der Waals surface area contributed by atoms with Crippen molar-refractivity contribution in [3.63, 3.8) is 0 Å². The number of imidazole rings is 1. The Bertz CT molecular complexity index is 911. The topological polar surface area (TPSA) is 218 Å². The number of rotatable bonds is 6. The first-order valence-electron chi connectivity index (χ1n) is 7.03. The molecule has 2 aromatic heterocycles. The molecule has 28 heavy (non-hydrogen) atoms. The van der Waals surface area contributed by atoms with Gasteiger partial charge in [0.1, 0.15) is 24.2 Å². The molecule has 0 spiro atoms. The van der Waals surface area contributed by atoms with Crippen LogP contribution in [0.5, 0.6) is 0 Å². The minimum Gasteiger partial charge on any atom is -0.756 e. The van der Waals surface area contributed by atoms with Crippen LogP contribution in [-0.4, -0.2) is 48.3 Å². The second kappa shape index (κ2) is 10.2. The Hall–Kier alpha value is 0.530. The van der Waals surface area contributed by atoms with Crippen molar-refractivity contribution in [3.8, 4) is 0 Å². The summed E-state index contributed by atoms with van der Waals surface area (Å²) < 4.78 is 36.5. The van der Waals surface area contributed by atoms with Crippen LogP contribution in [0, 0.1) is 0 Å². The predicted molar refractivity (Wildman–Crippen MR) is 78.7 cm³/mol. The number of aliphatic hydroxyl groups is 1. The number of hydrogen-bond acceptors (Lipinski definition) is 12. The Balaban J connectivity index is 0.00000196. The zero-order valence-electron chi connectivity index (χ0n) is 14.8. The molecule has 144 valence electrons. The van der Waals surface area contributed by atoms with Crippen LogP contribution in [0.2, 0.25) is 0 Å². The maximum absolute atomic E-state index is 11.3. The number of phosphoric ester groups is 1. The minimum atomic E-state index is -5.54. The molecule has 14 nitrogen and oxygen atoms in total. The Labute approximate surface area is 202 Å². The fraction of sp³-hybridized carbons (Fsp3) is 0.500. The van der Waals surface area contributed by atoms with Gasteiger partial charge in [0.15, 0.2) is 11.5 Å². The number of fused-ring (bicyclic) bond motifs is 1. The zero-order chi connectivity index (χ0) is 19.1. The van der Waals surface area contributed by atoms with E-state index in [9.17, 15) is 24.0 Å². The van der Waals surface area contributed by atoms with Gasteiger partial charge in [0, 0.05) is 6.42 Å². The number of hydrogen-bond donors (Lipinski definition) is 3. The molecule has 1 saturated heterocycles. The van der Waals surface area contributed by atoms with Crippen molar-refractivity contribution in [2.75, 3.05) is 12.3 Å². The normalized spacial score (nSPS) is 26.1. The summed E-state index contributed by atoms with van der Waals surface area (Å²) in [5.41, 5.74) is 6.36. The molecule has 3 rings (SSSR count). The molecule has 1 aliphatic rings. The molecule has 1 fully saturated rings. The number of aromatic nitrogens is 4. The molecule has 0 saturated carbocycles. The first-order valence-corrected chi connectivity index (χ1v) is 9.98. The van der Waals surface area contributed by atoms with Crippen molar-refractivity contribution in [3.05, 3.63) is 12.7 Å². The molecule has 4 N–H and O–H groups in total. The second-order valence-corrected chi connectivity index (χ2v) is 8.05. The molecule has 5 atom stereocenters. The number of ether oxygens (including phenoxy) is 1. The van der Waals surface area contributed by atoms with E-state index in [-0.39, 0.29) is 71.4 Å². The maximum atomic E-state index is 11.3. The van der Waals surface area contributed by atoms with Crippen LogP contribution >= 0.6 is 15.6 Å². The molecule has 0 aliphatic carbocycles. The fourth-order valence-electron chi connectivity index (χ4n) is 2.43. The van der Waals surface area contributed by atoms with Gasteiger partial charge in [-0.25, -0.2) is 19.3 Å². The molecule has 2 unspecified atom stereocenters. The largest absolute Gasteiger partial charge is 1.00 e. The third-order valence-electron chi connectivity index (χ3n) is 3.50. The van der Waals surface area contributed by atoms with E-state index in [1.54, 1.807) is 0 Å². The summed E-state index contributed by atoms with van der Waals surface area (Å²) in [6, 6.07) is 0. The average Bonchev–Trinajstić information content (AvgIpc) is 3.07. The van der Waals surface area contributed by atoms with Gasteiger partial charge in [0.05, 0.1) is 19.0 Å². The minimum absolute atomic E-state index is 0. The third-order valence-corrected chi connectivity index (χ3v) is 5.59. The molecular formula is C10H13N5Na2O9P2. The summed E-state index contributed by atoms with van der Waals surface area (Å²) in [7, 11) is -10.9. The van der Waals surface area contributed by atoms with Crippen molar-refractivity contribution in [1.82, 2.24) is 19.5 Å². The molecule has 0 bridgehead atoms. The monoisotopic (exact) mass is 455 g/mol. The zero-order valence-corrected chi connectivity index (χ0v) is 20.6. The summed E-state index contributed by atoms with van der Waals surface area (Å²) >= 11 is 0. The second-order valence-electron chi connectivity index (χ2n) is 5.31. The van der Waals surface area contributed by atoms with Crippen LogP contribution in [0.15, 0.2) is 12.7 Å². The third kappa shape index (κ3) is 6.51. The summed E-state index contributed by atoms with van der Waals surface area (Å²) in [4.78, 5) is 42.0. The number of nitrogens with zero attached hydrogens (tertiary/aromatic N) is 4. The number of aliphatic hydroxyl groups excluding tert-OH is 1. The molecule has 18 heteroatoms. The smallest absolute Gasteiger partial charge is 0.756 e. The Morgan fingerprint density at radius 2 is 2.00 bits per heavy atom. The van der Waals surface area contributed by atoms with Crippen molar-refractivity contribution >= 4 is 32.6 Å². The maximum Gasteiger partial charge on any atom is 1.00 e. The van der Waals surface area contributed by atoms with E-state index in [0.717, 1.165) is 0 Å². The van der Waals surface area contributed by atoms with Crippen LogP contribution in [0.1, 0.15) is 12.6 Å². The molecule has 0 aromatic carbocycles. The van der Waals surface area contributed by atoms with Gasteiger partial charge in [-0.05, 0) is 0 Å². The molecule has 3 heterocycles. The molecule has 0 amide bonds. The van der Waals surface area contributed by atoms with Crippen molar-refractivity contribution in [2.45, 2.75) is 24.9 Å². The van der Waals surface area contributed by atoms with E-state index in [0.29, 0.717) is 11.2 Å². The number of nitrogen functional groups attached to an aromatic ring is 1. The van der Waals surface area contributed by atoms with Crippen LogP contribution in [0.25, 0.3) is 11.2 Å². The van der Waals surface area contributed by atoms with Gasteiger partial charge in [-0.15, -0.1) is 0 Å². The molecular weight excluding hydrogens is 442 g/mol. The van der Waals surface area contributed by atoms with Crippen LogP contribution in [0.3, 0.4) is 0 Å². The SMILES string of the molecule is Nc1ncnc2c1ncn2[C@H]1C[C@H](O)[C@H](COP(=O)([O-])OP(=O)([O-])O)O1.[Na+].[Na+]. The van der Waals surface area contributed by atoms with Crippen LogP contribution in [-0.2, 0) is 22.7 Å². The predicted octanol–water partition coefficient (Wildman–Crippen LogP) is -7.97. The first kappa shape index (κ1) is 26.6. The van der Waals surface area contributed by atoms with E-state index in [1.165, 1.54) is 17.2 Å². The standard InChI is InChI=1S/C10H15N5O9P2.2Na/c11-9-8-10(13-3-12-9)15(4-14-8)7-1-5(16)6(23-7)2-22-26(20,21)24-25(17,18)19;;/h3-7,16H,1-2H2,(H,20,21)(H2,11,12,13)(H2,17,18,19);;/q;2*+1/p-2/t5-,6-,7+;;/m0../s1. The molecule has 1 aliphatic heterocycles. The van der Waals surface area contributed by atoms with Gasteiger partial charge in [-0.3, -0.25) is 13.7 Å². The van der Waals surface area contributed by atoms with E-state index < -0.39 is 40.7 Å². The molecule has 0 radical (unpaired) electrons. The number of anilines is 1. The molecule has 2 aromatic rings.